The van der Waals surface area contributed by atoms with Gasteiger partial charge in [0.25, 0.3) is 0 Å². The molecule has 133 heavy (non-hydrogen) atoms. The van der Waals surface area contributed by atoms with Crippen LogP contribution in [0.2, 0.25) is 0 Å². The summed E-state index contributed by atoms with van der Waals surface area (Å²) in [4.78, 5) is 39.6. The van der Waals surface area contributed by atoms with E-state index in [0.717, 1.165) is 22.3 Å². The summed E-state index contributed by atoms with van der Waals surface area (Å²) in [6.45, 7) is 49.3. The fraction of sp³-hybridized carbons (Fsp3) is 0.292. The summed E-state index contributed by atoms with van der Waals surface area (Å²) in [6, 6.07) is 63.1. The zero-order chi connectivity index (χ0) is 94.1. The predicted octanol–water partition coefficient (Wildman–Crippen LogP) is 23.0. The molecule has 0 amide bonds. The number of rotatable bonds is 20. The van der Waals surface area contributed by atoms with Crippen molar-refractivity contribution in [2.45, 2.75) is 215 Å². The van der Waals surface area contributed by atoms with Crippen molar-refractivity contribution in [2.75, 3.05) is 0 Å². The molecule has 0 bridgehead atoms. The maximum absolute atomic E-state index is 15.0. The number of nitrogens with zero attached hydrogens (tertiary/aromatic N) is 8. The minimum atomic E-state index is -1.77. The van der Waals surface area contributed by atoms with Crippen LogP contribution >= 0.6 is 0 Å². The van der Waals surface area contributed by atoms with Gasteiger partial charge in [-0.15, -0.1) is 23.0 Å². The van der Waals surface area contributed by atoms with Crippen LogP contribution in [0.4, 0.5) is 45.5 Å². The van der Waals surface area contributed by atoms with Gasteiger partial charge in [-0.2, -0.15) is 0 Å². The third kappa shape index (κ3) is 25.1. The van der Waals surface area contributed by atoms with Crippen molar-refractivity contribution in [1.82, 2.24) is 0 Å². The van der Waals surface area contributed by atoms with E-state index in [1.54, 1.807) is 146 Å². The van der Waals surface area contributed by atoms with Crippen LogP contribution in [0.25, 0.3) is 0 Å². The van der Waals surface area contributed by atoms with E-state index in [2.05, 4.69) is 83.1 Å². The summed E-state index contributed by atoms with van der Waals surface area (Å²) < 4.78 is 0. The monoisotopic (exact) mass is 1970 g/mol. The molecule has 0 N–H and O–H groups in total. The van der Waals surface area contributed by atoms with Gasteiger partial charge in [-0.1, -0.05) is 335 Å². The molecule has 0 fully saturated rings. The molecule has 0 aliphatic rings. The summed E-state index contributed by atoms with van der Waals surface area (Å²) in [5, 5.41) is 117. The Labute approximate surface area is 837 Å². The van der Waals surface area contributed by atoms with Crippen LogP contribution < -0.4 is 40.9 Å². The van der Waals surface area contributed by atoms with Gasteiger partial charge < -0.3 is 40.9 Å². The molecule has 0 aliphatic carbocycles. The van der Waals surface area contributed by atoms with Crippen molar-refractivity contribution in [2.24, 2.45) is 39.9 Å². The van der Waals surface area contributed by atoms with Crippen LogP contribution in [-0.4, -0.2) is 49.7 Å². The van der Waals surface area contributed by atoms with Crippen LogP contribution in [0.5, 0.6) is 46.0 Å². The molecule has 0 atom stereocenters. The number of benzene rings is 12. The van der Waals surface area contributed by atoms with E-state index in [4.69, 9.17) is 39.9 Å². The Morgan fingerprint density at radius 3 is 0.459 bits per heavy atom. The first kappa shape index (κ1) is 107. The average Bonchev–Trinajstić information content (AvgIpc) is 0.719. The van der Waals surface area contributed by atoms with E-state index in [1.165, 1.54) is 49.1 Å². The van der Waals surface area contributed by atoms with Crippen LogP contribution in [0.15, 0.2) is 258 Å². The molecule has 0 aromatic heterocycles. The zero-order valence-corrected chi connectivity index (χ0v) is 93.4. The first-order chi connectivity index (χ1) is 60.3. The van der Waals surface area contributed by atoms with E-state index in [0.29, 0.717) is 112 Å². The van der Waals surface area contributed by atoms with E-state index in [9.17, 15) is 40.9 Å². The fourth-order valence-electron chi connectivity index (χ4n) is 15.3. The maximum atomic E-state index is 15.0. The summed E-state index contributed by atoms with van der Waals surface area (Å²) in [5.41, 5.74) is 8.32. The fourth-order valence-corrected chi connectivity index (χ4v) is 15.3. The minimum absolute atomic E-state index is 0. The quantitative estimate of drug-likeness (QED) is 0.0400. The Morgan fingerprint density at radius 2 is 0.316 bits per heavy atom. The van der Waals surface area contributed by atoms with Gasteiger partial charge >= 0.3 is 77.9 Å². The molecule has 0 aliphatic heterocycles. The molecule has 664 valence electrons. The van der Waals surface area contributed by atoms with Gasteiger partial charge in [0.05, 0.1) is 50.9 Å². The van der Waals surface area contributed by atoms with Crippen molar-refractivity contribution in [1.29, 1.82) is 0 Å². The van der Waals surface area contributed by atoms with Crippen LogP contribution in [0, 0.1) is 0 Å². The summed E-state index contributed by atoms with van der Waals surface area (Å²) >= 11 is 0. The van der Waals surface area contributed by atoms with Gasteiger partial charge in [0.1, 0.15) is 0 Å². The van der Waals surface area contributed by atoms with Crippen molar-refractivity contribution in [3.8, 4) is 46.0 Å². The van der Waals surface area contributed by atoms with Crippen molar-refractivity contribution < 1.29 is 119 Å². The number of aliphatic imine (C=N–C) groups is 8. The van der Waals surface area contributed by atoms with Crippen molar-refractivity contribution in [3.05, 3.63) is 330 Å². The largest absolute Gasteiger partial charge is 2.00 e. The molecule has 20 heteroatoms. The molecular weight excluding hydrogens is 1860 g/mol. The third-order valence-electron chi connectivity index (χ3n) is 23.2. The van der Waals surface area contributed by atoms with Crippen LogP contribution in [-0.2, 0) is 127 Å². The first-order valence-corrected chi connectivity index (χ1v) is 43.7. The van der Waals surface area contributed by atoms with Gasteiger partial charge in [0.2, 0.25) is 0 Å². The van der Waals surface area contributed by atoms with Crippen LogP contribution in [0.3, 0.4) is 0 Å². The zero-order valence-electron chi connectivity index (χ0n) is 81.6. The molecular formula is C113H116N8O8Zn4. The molecule has 0 saturated heterocycles. The van der Waals surface area contributed by atoms with Crippen molar-refractivity contribution in [3.63, 3.8) is 0 Å². The predicted molar refractivity (Wildman–Crippen MR) is 519 cm³/mol. The summed E-state index contributed by atoms with van der Waals surface area (Å²) in [7, 11) is 0. The number of hydrogen-bond donors (Lipinski definition) is 0. The summed E-state index contributed by atoms with van der Waals surface area (Å²) in [6.07, 6.45) is 12.1. The Morgan fingerprint density at radius 1 is 0.173 bits per heavy atom. The molecule has 12 aromatic rings. The Hall–Kier alpha value is -11.1. The third-order valence-corrected chi connectivity index (χ3v) is 23.2. The van der Waals surface area contributed by atoms with E-state index < -0.39 is 50.1 Å². The molecule has 16 nitrogen and oxygen atoms in total. The minimum Gasteiger partial charge on any atom is -0.872 e. The topological polar surface area (TPSA) is 283 Å². The van der Waals surface area contributed by atoms with Gasteiger partial charge in [-0.3, -0.25) is 39.9 Å². The van der Waals surface area contributed by atoms with E-state index in [1.807, 2.05) is 156 Å². The molecule has 0 spiro atoms. The SMILES string of the molecule is CC(C)(C)c1cc(C=Nc2ccccc2N=Cc2cc(C(c3ccc([O-])c(C=Nc4ccccc4N=Cc4cc(C(C)(C)C)cc(C(C)(C)C)c4[O-])c3)(c3ccc([O-])c(C=Nc4ccccc4N=Cc4cc(C(C)(C)C)cc(C(C)(C)C)c4[O-])c3)c3ccc([O-])c(C=Nc4ccccc4N=Cc4cc(C(C)(C)C)cc(C(C)(C)C)c4[O-])c3)ccc2[O-])c([O-])c(C(C)(C)C)c1.[Zn+2].[Zn+2].[Zn+2].[Zn+2]. The Kier molecular flexibility index (Phi) is 34.0. The normalized spacial score (nSPS) is 13.2. The average molecular weight is 1980 g/mol. The standard InChI is InChI=1S/C113H124N8O8.4Zn/c1-105(2,3)81-53-73(101(126)85(57-81)109(13,14)15)65-118-93-37-29-25-33-89(93)114-61-69-49-77(41-45-97(69)122)113(78-42-46-98(123)70(50-78)62-115-90-34-26-30-38-94(90)119-66-74-54-82(106(4,5)6)58-86(102(74)127)110(16,17)18,79-43-47-99(124)71(51-79)63-116-91-35-27-31-39-95(91)120-67-75-55-83(107(7,8)9)59-87(103(75)128)111(19,20)21)80-44-48-100(125)72(52-80)64-117-92-36-28-32-40-96(92)121-68-76-56-84(108(10,11)12)60-88(104(76)129)112(22,23)24;;;;/h25-68,122-129H,1-24H3;;;;/q;4*+2/p-8. The molecule has 0 unspecified atom stereocenters. The number of para-hydroxylation sites is 8. The van der Waals surface area contributed by atoms with Crippen LogP contribution in [0.1, 0.15) is 277 Å². The second kappa shape index (κ2) is 42.2. The van der Waals surface area contributed by atoms with E-state index >= 15 is 0 Å². The second-order valence-corrected chi connectivity index (χ2v) is 41.5. The summed E-state index contributed by atoms with van der Waals surface area (Å²) in [5.74, 6) is -2.33. The van der Waals surface area contributed by atoms with Crippen molar-refractivity contribution >= 4 is 95.2 Å². The van der Waals surface area contributed by atoms with E-state index in [-0.39, 0.29) is 145 Å². The van der Waals surface area contributed by atoms with Gasteiger partial charge in [-0.05, 0) is 227 Å². The van der Waals surface area contributed by atoms with Gasteiger partial charge in [0.15, 0.2) is 0 Å². The first-order valence-electron chi connectivity index (χ1n) is 43.7. The number of hydrogen-bond acceptors (Lipinski definition) is 16. The molecule has 12 rings (SSSR count). The van der Waals surface area contributed by atoms with Gasteiger partial charge in [0, 0.05) is 49.7 Å². The molecule has 12 aromatic carbocycles. The Bertz CT molecular complexity index is 5740. The second-order valence-electron chi connectivity index (χ2n) is 41.5. The maximum Gasteiger partial charge on any atom is 2.00 e. The molecule has 0 saturated carbocycles. The molecule has 0 radical (unpaired) electrons. The smallest absolute Gasteiger partial charge is 0.872 e. The van der Waals surface area contributed by atoms with Gasteiger partial charge in [-0.25, -0.2) is 0 Å². The Balaban J connectivity index is 0.00000544. The molecule has 0 heterocycles.